The monoisotopic (exact) mass is 234 g/mol. The number of hydrogen-bond acceptors (Lipinski definition) is 2. The lowest BCUT2D eigenvalue weighted by Gasteiger charge is -1.95. The lowest BCUT2D eigenvalue weighted by atomic mass is 10.2. The number of methoxy groups -OCH3 is 1. The molecule has 0 spiro atoms. The quantitative estimate of drug-likeness (QED) is 0.306. The molecular weight excluding hydrogens is 220 g/mol. The van der Waals surface area contributed by atoms with Crippen LogP contribution in [0.1, 0.15) is 25.7 Å². The van der Waals surface area contributed by atoms with Crippen LogP contribution >= 0.6 is 15.9 Å². The number of allylic oxidation sites excluding steroid dienone is 2. The smallest absolute Gasteiger partial charge is 0.305 e. The van der Waals surface area contributed by atoms with Crippen molar-refractivity contribution in [2.45, 2.75) is 25.7 Å². The number of esters is 1. The van der Waals surface area contributed by atoms with E-state index in [-0.39, 0.29) is 5.97 Å². The van der Waals surface area contributed by atoms with Crippen molar-refractivity contribution in [3.8, 4) is 0 Å². The van der Waals surface area contributed by atoms with Gasteiger partial charge >= 0.3 is 5.97 Å². The van der Waals surface area contributed by atoms with Gasteiger partial charge in [0.2, 0.25) is 0 Å². The number of carbonyl (C=O) groups excluding carboxylic acids is 1. The number of rotatable bonds is 6. The van der Waals surface area contributed by atoms with Crippen molar-refractivity contribution in [3.05, 3.63) is 12.2 Å². The second-order valence-corrected chi connectivity index (χ2v) is 3.21. The van der Waals surface area contributed by atoms with Gasteiger partial charge < -0.3 is 4.74 Å². The van der Waals surface area contributed by atoms with Gasteiger partial charge in [-0.2, -0.15) is 0 Å². The first-order valence-electron chi connectivity index (χ1n) is 4.09. The summed E-state index contributed by atoms with van der Waals surface area (Å²) in [5, 5.41) is 1.00. The molecular formula is C9H15BrO2. The molecule has 0 saturated carbocycles. The summed E-state index contributed by atoms with van der Waals surface area (Å²) in [7, 11) is 1.42. The molecule has 0 aromatic rings. The van der Waals surface area contributed by atoms with Crippen molar-refractivity contribution >= 4 is 21.9 Å². The number of hydrogen-bond donors (Lipinski definition) is 0. The van der Waals surface area contributed by atoms with E-state index in [4.69, 9.17) is 0 Å². The number of alkyl halides is 1. The third-order valence-electron chi connectivity index (χ3n) is 1.42. The highest BCUT2D eigenvalue weighted by atomic mass is 79.9. The van der Waals surface area contributed by atoms with Crippen molar-refractivity contribution in [2.24, 2.45) is 0 Å². The molecule has 0 atom stereocenters. The molecule has 0 aliphatic rings. The van der Waals surface area contributed by atoms with Crippen LogP contribution in [-0.2, 0) is 9.53 Å². The Hall–Kier alpha value is -0.310. The van der Waals surface area contributed by atoms with Crippen LogP contribution in [0.4, 0.5) is 0 Å². The number of halogens is 1. The van der Waals surface area contributed by atoms with E-state index in [1.807, 2.05) is 0 Å². The summed E-state index contributed by atoms with van der Waals surface area (Å²) in [5.74, 6) is -0.121. The summed E-state index contributed by atoms with van der Waals surface area (Å²) >= 11 is 3.33. The number of unbranched alkanes of at least 4 members (excludes halogenated alkanes) is 1. The molecule has 0 radical (unpaired) electrons. The van der Waals surface area contributed by atoms with E-state index in [1.165, 1.54) is 7.11 Å². The highest BCUT2D eigenvalue weighted by Gasteiger charge is 1.96. The third kappa shape index (κ3) is 7.79. The topological polar surface area (TPSA) is 26.3 Å². The van der Waals surface area contributed by atoms with E-state index in [0.717, 1.165) is 24.6 Å². The van der Waals surface area contributed by atoms with Crippen LogP contribution in [0.25, 0.3) is 0 Å². The molecule has 0 aromatic heterocycles. The molecule has 0 unspecified atom stereocenters. The predicted octanol–water partition coefficient (Wildman–Crippen LogP) is 2.67. The maximum absolute atomic E-state index is 10.6. The zero-order valence-electron chi connectivity index (χ0n) is 7.38. The lowest BCUT2D eigenvalue weighted by Crippen LogP contribution is -1.98. The van der Waals surface area contributed by atoms with Crippen LogP contribution in [0.15, 0.2) is 12.2 Å². The summed E-state index contributed by atoms with van der Waals surface area (Å²) in [6.45, 7) is 0. The van der Waals surface area contributed by atoms with E-state index in [2.05, 4.69) is 32.8 Å². The summed E-state index contributed by atoms with van der Waals surface area (Å²) in [6, 6.07) is 0. The van der Waals surface area contributed by atoms with Crippen molar-refractivity contribution in [2.75, 3.05) is 12.4 Å². The Morgan fingerprint density at radius 1 is 1.42 bits per heavy atom. The van der Waals surface area contributed by atoms with Crippen LogP contribution < -0.4 is 0 Å². The van der Waals surface area contributed by atoms with E-state index < -0.39 is 0 Å². The Balaban J connectivity index is 3.15. The zero-order valence-corrected chi connectivity index (χ0v) is 8.97. The Labute approximate surface area is 82.1 Å². The van der Waals surface area contributed by atoms with Gasteiger partial charge in [-0.15, -0.1) is 0 Å². The fourth-order valence-corrected chi connectivity index (χ4v) is 1.03. The van der Waals surface area contributed by atoms with Gasteiger partial charge in [0.05, 0.1) is 7.11 Å². The molecule has 0 bridgehead atoms. The highest BCUT2D eigenvalue weighted by Crippen LogP contribution is 1.99. The van der Waals surface area contributed by atoms with Gasteiger partial charge in [0.25, 0.3) is 0 Å². The minimum atomic E-state index is -0.121. The standard InChI is InChI=1S/C9H15BrO2/c1-12-9(11)7-5-3-2-4-6-8-10/h2,4H,3,5-8H2,1H3/b4-2-. The third-order valence-corrected chi connectivity index (χ3v) is 1.88. The van der Waals surface area contributed by atoms with Gasteiger partial charge in [-0.1, -0.05) is 28.1 Å². The predicted molar refractivity (Wildman–Crippen MR) is 53.4 cm³/mol. The molecule has 12 heavy (non-hydrogen) atoms. The Morgan fingerprint density at radius 3 is 2.67 bits per heavy atom. The molecule has 70 valence electrons. The zero-order chi connectivity index (χ0) is 9.23. The van der Waals surface area contributed by atoms with E-state index in [9.17, 15) is 4.79 Å². The molecule has 3 heteroatoms. The Kier molecular flexibility index (Phi) is 8.56. The SMILES string of the molecule is COC(=O)CCC/C=C\CCBr. The maximum Gasteiger partial charge on any atom is 0.305 e. The Bertz CT molecular complexity index is 143. The van der Waals surface area contributed by atoms with E-state index >= 15 is 0 Å². The van der Waals surface area contributed by atoms with Crippen molar-refractivity contribution in [1.29, 1.82) is 0 Å². The van der Waals surface area contributed by atoms with Crippen LogP contribution in [0, 0.1) is 0 Å². The molecule has 0 amide bonds. The normalized spacial score (nSPS) is 10.5. The molecule has 0 fully saturated rings. The number of carbonyl (C=O) groups is 1. The largest absolute Gasteiger partial charge is 0.469 e. The van der Waals surface area contributed by atoms with Crippen LogP contribution in [0.3, 0.4) is 0 Å². The molecule has 0 rings (SSSR count). The van der Waals surface area contributed by atoms with Crippen LogP contribution in [0.2, 0.25) is 0 Å². The summed E-state index contributed by atoms with van der Waals surface area (Å²) in [6.07, 6.45) is 7.64. The number of ether oxygens (including phenoxy) is 1. The van der Waals surface area contributed by atoms with Crippen molar-refractivity contribution < 1.29 is 9.53 Å². The van der Waals surface area contributed by atoms with Crippen molar-refractivity contribution in [3.63, 3.8) is 0 Å². The molecule has 0 aliphatic heterocycles. The van der Waals surface area contributed by atoms with E-state index in [0.29, 0.717) is 6.42 Å². The van der Waals surface area contributed by atoms with Gasteiger partial charge in [-0.3, -0.25) is 4.79 Å². The van der Waals surface area contributed by atoms with Gasteiger partial charge in [0.15, 0.2) is 0 Å². The summed E-state index contributed by atoms with van der Waals surface area (Å²) in [4.78, 5) is 10.6. The van der Waals surface area contributed by atoms with Gasteiger partial charge in [-0.25, -0.2) is 0 Å². The second-order valence-electron chi connectivity index (χ2n) is 2.42. The van der Waals surface area contributed by atoms with Gasteiger partial charge in [-0.05, 0) is 19.3 Å². The first kappa shape index (κ1) is 11.7. The fraction of sp³-hybridized carbons (Fsp3) is 0.667. The van der Waals surface area contributed by atoms with Gasteiger partial charge in [0, 0.05) is 11.8 Å². The van der Waals surface area contributed by atoms with Crippen LogP contribution in [0.5, 0.6) is 0 Å². The average molecular weight is 235 g/mol. The molecule has 0 heterocycles. The first-order valence-corrected chi connectivity index (χ1v) is 5.21. The lowest BCUT2D eigenvalue weighted by molar-refractivity contribution is -0.140. The van der Waals surface area contributed by atoms with Crippen LogP contribution in [-0.4, -0.2) is 18.4 Å². The molecule has 0 aromatic carbocycles. The van der Waals surface area contributed by atoms with E-state index in [1.54, 1.807) is 0 Å². The summed E-state index contributed by atoms with van der Waals surface area (Å²) in [5.41, 5.74) is 0. The van der Waals surface area contributed by atoms with Gasteiger partial charge in [0.1, 0.15) is 0 Å². The Morgan fingerprint density at radius 2 is 2.08 bits per heavy atom. The average Bonchev–Trinajstić information content (AvgIpc) is 2.10. The fourth-order valence-electron chi connectivity index (χ4n) is 0.765. The minimum Gasteiger partial charge on any atom is -0.469 e. The minimum absolute atomic E-state index is 0.121. The maximum atomic E-state index is 10.6. The van der Waals surface area contributed by atoms with Crippen molar-refractivity contribution in [1.82, 2.24) is 0 Å². The molecule has 0 aliphatic carbocycles. The summed E-state index contributed by atoms with van der Waals surface area (Å²) < 4.78 is 4.51. The first-order chi connectivity index (χ1) is 5.81. The molecule has 0 N–H and O–H groups in total. The second kappa shape index (κ2) is 8.78. The molecule has 2 nitrogen and oxygen atoms in total. The molecule has 0 saturated heterocycles. The highest BCUT2D eigenvalue weighted by molar-refractivity contribution is 9.09.